The van der Waals surface area contributed by atoms with Gasteiger partial charge < -0.3 is 15.0 Å². The highest BCUT2D eigenvalue weighted by molar-refractivity contribution is 7.22. The SMILES string of the molecule is CCCC(=O)N1CCCCC1C(=O)Nc1nc2ccc(OC)cc2s1. The van der Waals surface area contributed by atoms with Gasteiger partial charge in [-0.25, -0.2) is 4.98 Å². The molecule has 1 aromatic heterocycles. The second-order valence-corrected chi connectivity index (χ2v) is 7.22. The lowest BCUT2D eigenvalue weighted by molar-refractivity contribution is -0.140. The lowest BCUT2D eigenvalue weighted by Gasteiger charge is -2.34. The largest absolute Gasteiger partial charge is 0.497 e. The summed E-state index contributed by atoms with van der Waals surface area (Å²) in [5.74, 6) is 0.684. The van der Waals surface area contributed by atoms with Crippen molar-refractivity contribution in [2.24, 2.45) is 0 Å². The second kappa shape index (κ2) is 7.82. The van der Waals surface area contributed by atoms with E-state index in [2.05, 4.69) is 10.3 Å². The van der Waals surface area contributed by atoms with Gasteiger partial charge in [-0.3, -0.25) is 9.59 Å². The molecule has 7 heteroatoms. The number of fused-ring (bicyclic) bond motifs is 1. The van der Waals surface area contributed by atoms with E-state index in [-0.39, 0.29) is 11.8 Å². The Balaban J connectivity index is 1.74. The number of nitrogens with zero attached hydrogens (tertiary/aromatic N) is 2. The van der Waals surface area contributed by atoms with E-state index in [1.165, 1.54) is 11.3 Å². The van der Waals surface area contributed by atoms with Crippen molar-refractivity contribution in [3.05, 3.63) is 18.2 Å². The predicted molar refractivity (Wildman–Crippen MR) is 99.1 cm³/mol. The van der Waals surface area contributed by atoms with Crippen LogP contribution in [0.15, 0.2) is 18.2 Å². The minimum Gasteiger partial charge on any atom is -0.497 e. The van der Waals surface area contributed by atoms with Crippen LogP contribution >= 0.6 is 11.3 Å². The highest BCUT2D eigenvalue weighted by Gasteiger charge is 2.32. The van der Waals surface area contributed by atoms with Crippen LogP contribution in [-0.2, 0) is 9.59 Å². The van der Waals surface area contributed by atoms with E-state index in [0.29, 0.717) is 24.5 Å². The third-order valence-corrected chi connectivity index (χ3v) is 5.35. The van der Waals surface area contributed by atoms with Crippen LogP contribution in [0.3, 0.4) is 0 Å². The average molecular weight is 361 g/mol. The van der Waals surface area contributed by atoms with Crippen LogP contribution in [0.4, 0.5) is 5.13 Å². The van der Waals surface area contributed by atoms with Crippen molar-refractivity contribution < 1.29 is 14.3 Å². The summed E-state index contributed by atoms with van der Waals surface area (Å²) in [5, 5.41) is 3.46. The van der Waals surface area contributed by atoms with Crippen LogP contribution in [0.1, 0.15) is 39.0 Å². The molecule has 3 rings (SSSR count). The Hall–Kier alpha value is -2.15. The third-order valence-electron chi connectivity index (χ3n) is 4.42. The molecule has 1 aliphatic heterocycles. The zero-order valence-corrected chi connectivity index (χ0v) is 15.4. The van der Waals surface area contributed by atoms with E-state index < -0.39 is 6.04 Å². The van der Waals surface area contributed by atoms with Crippen molar-refractivity contribution in [3.8, 4) is 5.75 Å². The van der Waals surface area contributed by atoms with Crippen LogP contribution < -0.4 is 10.1 Å². The number of nitrogens with one attached hydrogen (secondary N) is 1. The maximum Gasteiger partial charge on any atom is 0.248 e. The molecular formula is C18H23N3O3S. The van der Waals surface area contributed by atoms with Crippen LogP contribution in [0.25, 0.3) is 10.2 Å². The van der Waals surface area contributed by atoms with Crippen molar-refractivity contribution in [1.82, 2.24) is 9.88 Å². The molecule has 25 heavy (non-hydrogen) atoms. The summed E-state index contributed by atoms with van der Waals surface area (Å²) < 4.78 is 6.17. The predicted octanol–water partition coefficient (Wildman–Crippen LogP) is 3.42. The van der Waals surface area contributed by atoms with Gasteiger partial charge >= 0.3 is 0 Å². The van der Waals surface area contributed by atoms with Gasteiger partial charge in [0.15, 0.2) is 5.13 Å². The fourth-order valence-electron chi connectivity index (χ4n) is 3.13. The molecule has 1 fully saturated rings. The number of carbonyl (C=O) groups excluding carboxylic acids is 2. The molecule has 2 heterocycles. The number of rotatable bonds is 5. The number of methoxy groups -OCH3 is 1. The molecule has 0 saturated carbocycles. The number of ether oxygens (including phenoxy) is 1. The molecule has 0 bridgehead atoms. The number of hydrogen-bond acceptors (Lipinski definition) is 5. The van der Waals surface area contributed by atoms with Crippen molar-refractivity contribution >= 4 is 38.5 Å². The molecule has 0 aliphatic carbocycles. The number of amides is 2. The summed E-state index contributed by atoms with van der Waals surface area (Å²) in [6.07, 6.45) is 3.92. The maximum absolute atomic E-state index is 12.7. The smallest absolute Gasteiger partial charge is 0.248 e. The normalized spacial score (nSPS) is 17.5. The molecule has 1 aliphatic rings. The third kappa shape index (κ3) is 3.92. The number of hydrogen-bond donors (Lipinski definition) is 1. The summed E-state index contributed by atoms with van der Waals surface area (Å²) >= 11 is 1.41. The van der Waals surface area contributed by atoms with E-state index in [4.69, 9.17) is 4.74 Å². The van der Waals surface area contributed by atoms with E-state index in [1.807, 2.05) is 25.1 Å². The number of piperidine rings is 1. The highest BCUT2D eigenvalue weighted by Crippen LogP contribution is 2.30. The van der Waals surface area contributed by atoms with Gasteiger partial charge in [0.1, 0.15) is 11.8 Å². The first-order chi connectivity index (χ1) is 12.1. The molecule has 2 amide bonds. The quantitative estimate of drug-likeness (QED) is 0.886. The number of benzene rings is 1. The fraction of sp³-hybridized carbons (Fsp3) is 0.500. The molecule has 134 valence electrons. The summed E-state index contributed by atoms with van der Waals surface area (Å²) in [4.78, 5) is 31.2. The lowest BCUT2D eigenvalue weighted by Crippen LogP contribution is -2.49. The molecule has 2 aromatic rings. The number of anilines is 1. The lowest BCUT2D eigenvalue weighted by atomic mass is 10.0. The van der Waals surface area contributed by atoms with Crippen molar-refractivity contribution in [2.75, 3.05) is 19.0 Å². The molecule has 1 unspecified atom stereocenters. The van der Waals surface area contributed by atoms with Gasteiger partial charge in [0.2, 0.25) is 11.8 Å². The fourth-order valence-corrected chi connectivity index (χ4v) is 4.03. The molecule has 0 spiro atoms. The zero-order valence-electron chi connectivity index (χ0n) is 14.6. The molecular weight excluding hydrogens is 338 g/mol. The first kappa shape index (κ1) is 17.7. The summed E-state index contributed by atoms with van der Waals surface area (Å²) in [7, 11) is 1.62. The van der Waals surface area contributed by atoms with Gasteiger partial charge in [-0.05, 0) is 43.9 Å². The van der Waals surface area contributed by atoms with Crippen LogP contribution in [-0.4, -0.2) is 41.4 Å². The summed E-state index contributed by atoms with van der Waals surface area (Å²) in [6.45, 7) is 2.64. The Labute approximate surface area is 151 Å². The monoisotopic (exact) mass is 361 g/mol. The number of likely N-dealkylation sites (tertiary alicyclic amines) is 1. The van der Waals surface area contributed by atoms with Gasteiger partial charge in [-0.2, -0.15) is 0 Å². The minimum absolute atomic E-state index is 0.0661. The first-order valence-corrected chi connectivity index (χ1v) is 9.49. The van der Waals surface area contributed by atoms with Crippen LogP contribution in [0.5, 0.6) is 5.75 Å². The van der Waals surface area contributed by atoms with Gasteiger partial charge in [0, 0.05) is 13.0 Å². The van der Waals surface area contributed by atoms with Crippen LogP contribution in [0, 0.1) is 0 Å². The second-order valence-electron chi connectivity index (χ2n) is 6.19. The van der Waals surface area contributed by atoms with Crippen molar-refractivity contribution in [1.29, 1.82) is 0 Å². The van der Waals surface area contributed by atoms with E-state index >= 15 is 0 Å². The average Bonchev–Trinajstić information content (AvgIpc) is 3.03. The molecule has 1 atom stereocenters. The van der Waals surface area contributed by atoms with E-state index in [0.717, 1.165) is 35.2 Å². The zero-order chi connectivity index (χ0) is 17.8. The van der Waals surface area contributed by atoms with E-state index in [9.17, 15) is 9.59 Å². The Bertz CT molecular complexity index is 774. The molecule has 0 radical (unpaired) electrons. The van der Waals surface area contributed by atoms with E-state index in [1.54, 1.807) is 12.0 Å². The molecule has 1 N–H and O–H groups in total. The number of aromatic nitrogens is 1. The number of carbonyl (C=O) groups is 2. The highest BCUT2D eigenvalue weighted by atomic mass is 32.1. The van der Waals surface area contributed by atoms with Gasteiger partial charge in [-0.1, -0.05) is 18.3 Å². The van der Waals surface area contributed by atoms with Gasteiger partial charge in [0.05, 0.1) is 17.3 Å². The number of thiazole rings is 1. The van der Waals surface area contributed by atoms with Gasteiger partial charge in [-0.15, -0.1) is 0 Å². The Morgan fingerprint density at radius 2 is 2.24 bits per heavy atom. The molecule has 1 aromatic carbocycles. The Morgan fingerprint density at radius 1 is 1.40 bits per heavy atom. The summed E-state index contributed by atoms with van der Waals surface area (Å²) in [6, 6.07) is 5.23. The van der Waals surface area contributed by atoms with Gasteiger partial charge in [0.25, 0.3) is 0 Å². The molecule has 1 saturated heterocycles. The summed E-state index contributed by atoms with van der Waals surface area (Å²) in [5.41, 5.74) is 0.823. The Morgan fingerprint density at radius 3 is 3.00 bits per heavy atom. The Kier molecular flexibility index (Phi) is 5.53. The first-order valence-electron chi connectivity index (χ1n) is 8.67. The standard InChI is InChI=1S/C18H23N3O3S/c1-3-6-16(22)21-10-5-4-7-14(21)17(23)20-18-19-13-9-8-12(24-2)11-15(13)25-18/h8-9,11,14H,3-7,10H2,1-2H3,(H,19,20,23). The molecule has 6 nitrogen and oxygen atoms in total. The van der Waals surface area contributed by atoms with Crippen LogP contribution in [0.2, 0.25) is 0 Å². The topological polar surface area (TPSA) is 71.5 Å². The van der Waals surface area contributed by atoms with Crippen molar-refractivity contribution in [3.63, 3.8) is 0 Å². The van der Waals surface area contributed by atoms with Crippen molar-refractivity contribution in [2.45, 2.75) is 45.1 Å². The maximum atomic E-state index is 12.7. The minimum atomic E-state index is -0.394.